The van der Waals surface area contributed by atoms with Gasteiger partial charge in [0.25, 0.3) is 5.91 Å². The number of fused-ring (bicyclic) bond motifs is 1. The summed E-state index contributed by atoms with van der Waals surface area (Å²) in [5.74, 6) is 0.513. The van der Waals surface area contributed by atoms with Gasteiger partial charge in [0.2, 0.25) is 6.79 Å². The molecule has 0 saturated heterocycles. The van der Waals surface area contributed by atoms with E-state index >= 15 is 0 Å². The Morgan fingerprint density at radius 3 is 2.84 bits per heavy atom. The molecule has 2 aromatic carbocycles. The highest BCUT2D eigenvalue weighted by atomic mass is 32.1. The Hall–Kier alpha value is -2.93. The van der Waals surface area contributed by atoms with Gasteiger partial charge in [-0.2, -0.15) is 0 Å². The van der Waals surface area contributed by atoms with Crippen molar-refractivity contribution in [2.75, 3.05) is 12.1 Å². The van der Waals surface area contributed by atoms with Gasteiger partial charge < -0.3 is 14.8 Å². The molecule has 0 spiro atoms. The number of carbonyl (C=O) groups is 1. The van der Waals surface area contributed by atoms with Crippen LogP contribution in [0.5, 0.6) is 11.5 Å². The van der Waals surface area contributed by atoms with Crippen molar-refractivity contribution in [3.63, 3.8) is 0 Å². The fourth-order valence-corrected chi connectivity index (χ4v) is 3.46. The maximum absolute atomic E-state index is 13.9. The summed E-state index contributed by atoms with van der Waals surface area (Å²) >= 11 is 1.28. The quantitative estimate of drug-likeness (QED) is 0.763. The summed E-state index contributed by atoms with van der Waals surface area (Å²) < 4.78 is 24.5. The second-order valence-electron chi connectivity index (χ2n) is 5.43. The number of nitrogens with one attached hydrogen (secondary N) is 1. The lowest BCUT2D eigenvalue weighted by Crippen LogP contribution is -2.13. The molecule has 1 aliphatic rings. The van der Waals surface area contributed by atoms with Crippen LogP contribution in [-0.2, 0) is 0 Å². The number of carbonyl (C=O) groups excluding carboxylic acids is 1. The topological polar surface area (TPSA) is 60.5 Å². The maximum Gasteiger partial charge on any atom is 0.275 e. The Balaban J connectivity index is 1.60. The van der Waals surface area contributed by atoms with Gasteiger partial charge in [0.05, 0.1) is 0 Å². The lowest BCUT2D eigenvalue weighted by molar-refractivity contribution is 0.102. The molecular weight excluding hydrogens is 343 g/mol. The molecule has 5 nitrogen and oxygen atoms in total. The molecule has 0 aliphatic carbocycles. The number of ether oxygens (including phenoxy) is 2. The predicted molar refractivity (Wildman–Crippen MR) is 92.8 cm³/mol. The van der Waals surface area contributed by atoms with E-state index in [1.165, 1.54) is 17.4 Å². The average molecular weight is 356 g/mol. The van der Waals surface area contributed by atoms with E-state index < -0.39 is 0 Å². The van der Waals surface area contributed by atoms with Gasteiger partial charge in [-0.3, -0.25) is 4.79 Å². The van der Waals surface area contributed by atoms with Gasteiger partial charge in [-0.1, -0.05) is 12.1 Å². The summed E-state index contributed by atoms with van der Waals surface area (Å²) in [6.45, 7) is 1.96. The third-order valence-corrected chi connectivity index (χ3v) is 4.75. The van der Waals surface area contributed by atoms with Crippen molar-refractivity contribution >= 4 is 22.9 Å². The third kappa shape index (κ3) is 2.94. The molecule has 1 amide bonds. The number of hydrogen-bond donors (Lipinski definition) is 1. The minimum absolute atomic E-state index is 0.171. The molecule has 4 rings (SSSR count). The minimum atomic E-state index is -0.362. The Morgan fingerprint density at radius 2 is 2.00 bits per heavy atom. The second-order valence-corrected chi connectivity index (χ2v) is 6.63. The van der Waals surface area contributed by atoms with Crippen LogP contribution < -0.4 is 14.8 Å². The second kappa shape index (κ2) is 6.18. The number of aromatic nitrogens is 1. The molecule has 1 aromatic heterocycles. The number of rotatable bonds is 3. The zero-order valence-electron chi connectivity index (χ0n) is 13.2. The molecule has 7 heteroatoms. The number of benzene rings is 2. The first-order chi connectivity index (χ1) is 12.1. The first-order valence-corrected chi connectivity index (χ1v) is 8.37. The maximum atomic E-state index is 13.9. The smallest absolute Gasteiger partial charge is 0.275 e. The van der Waals surface area contributed by atoms with Crippen LogP contribution >= 0.6 is 11.3 Å². The molecule has 2 heterocycles. The predicted octanol–water partition coefficient (Wildman–Crippen LogP) is 4.24. The lowest BCUT2D eigenvalue weighted by Gasteiger charge is -2.05. The number of halogens is 1. The molecule has 0 fully saturated rings. The van der Waals surface area contributed by atoms with Crippen LogP contribution in [0, 0.1) is 12.7 Å². The van der Waals surface area contributed by atoms with Crippen LogP contribution in [0.3, 0.4) is 0 Å². The van der Waals surface area contributed by atoms with Crippen molar-refractivity contribution < 1.29 is 18.7 Å². The standard InChI is InChI=1S/C18H13FN2O3S/c1-10-16(21-18(25-10)12-4-2-3-5-13(12)19)17(22)20-11-6-7-14-15(8-11)24-9-23-14/h2-8H,9H2,1H3,(H,20,22). The van der Waals surface area contributed by atoms with E-state index in [2.05, 4.69) is 10.3 Å². The highest BCUT2D eigenvalue weighted by Crippen LogP contribution is 2.35. The summed E-state index contributed by atoms with van der Waals surface area (Å²) in [5, 5.41) is 3.26. The largest absolute Gasteiger partial charge is 0.454 e. The molecule has 0 bridgehead atoms. The molecule has 0 radical (unpaired) electrons. The van der Waals surface area contributed by atoms with Crippen molar-refractivity contribution in [3.8, 4) is 22.1 Å². The summed E-state index contributed by atoms with van der Waals surface area (Å²) in [7, 11) is 0. The fourth-order valence-electron chi connectivity index (χ4n) is 2.52. The summed E-state index contributed by atoms with van der Waals surface area (Å²) in [4.78, 5) is 17.6. The van der Waals surface area contributed by atoms with E-state index in [1.807, 2.05) is 0 Å². The van der Waals surface area contributed by atoms with E-state index in [0.29, 0.717) is 27.8 Å². The Kier molecular flexibility index (Phi) is 3.85. The van der Waals surface area contributed by atoms with E-state index in [1.54, 1.807) is 43.3 Å². The van der Waals surface area contributed by atoms with E-state index in [4.69, 9.17) is 9.47 Å². The first-order valence-electron chi connectivity index (χ1n) is 7.55. The lowest BCUT2D eigenvalue weighted by atomic mass is 10.2. The number of thiazole rings is 1. The number of nitrogens with zero attached hydrogens (tertiary/aromatic N) is 1. The van der Waals surface area contributed by atoms with Crippen LogP contribution in [-0.4, -0.2) is 17.7 Å². The molecule has 126 valence electrons. The first kappa shape index (κ1) is 15.6. The highest BCUT2D eigenvalue weighted by molar-refractivity contribution is 7.15. The number of hydrogen-bond acceptors (Lipinski definition) is 5. The Morgan fingerprint density at radius 1 is 1.20 bits per heavy atom. The molecule has 25 heavy (non-hydrogen) atoms. The number of anilines is 1. The van der Waals surface area contributed by atoms with Gasteiger partial charge in [-0.05, 0) is 31.2 Å². The molecule has 0 saturated carbocycles. The minimum Gasteiger partial charge on any atom is -0.454 e. The molecular formula is C18H13FN2O3S. The van der Waals surface area contributed by atoms with Crippen molar-refractivity contribution in [1.82, 2.24) is 4.98 Å². The monoisotopic (exact) mass is 356 g/mol. The molecule has 3 aromatic rings. The van der Waals surface area contributed by atoms with Gasteiger partial charge >= 0.3 is 0 Å². The molecule has 0 atom stereocenters. The highest BCUT2D eigenvalue weighted by Gasteiger charge is 2.19. The SMILES string of the molecule is Cc1sc(-c2ccccc2F)nc1C(=O)Nc1ccc2c(c1)OCO2. The van der Waals surface area contributed by atoms with Gasteiger partial charge in [-0.25, -0.2) is 9.37 Å². The van der Waals surface area contributed by atoms with Crippen LogP contribution in [0.1, 0.15) is 15.4 Å². The van der Waals surface area contributed by atoms with Gasteiger partial charge in [-0.15, -0.1) is 11.3 Å². The molecule has 0 unspecified atom stereocenters. The Labute approximate surface area is 147 Å². The van der Waals surface area contributed by atoms with Crippen LogP contribution in [0.4, 0.5) is 10.1 Å². The van der Waals surface area contributed by atoms with Crippen molar-refractivity contribution in [3.05, 3.63) is 58.9 Å². The summed E-state index contributed by atoms with van der Waals surface area (Å²) in [6, 6.07) is 11.5. The van der Waals surface area contributed by atoms with Crippen LogP contribution in [0.2, 0.25) is 0 Å². The Bertz CT molecular complexity index is 971. The van der Waals surface area contributed by atoms with Crippen LogP contribution in [0.15, 0.2) is 42.5 Å². The van der Waals surface area contributed by atoms with Gasteiger partial charge in [0, 0.05) is 22.2 Å². The van der Waals surface area contributed by atoms with Gasteiger partial charge in [0.1, 0.15) is 16.5 Å². The zero-order chi connectivity index (χ0) is 17.4. The average Bonchev–Trinajstić information content (AvgIpc) is 3.21. The zero-order valence-corrected chi connectivity index (χ0v) is 14.0. The van der Waals surface area contributed by atoms with Crippen molar-refractivity contribution in [1.29, 1.82) is 0 Å². The number of aryl methyl sites for hydroxylation is 1. The van der Waals surface area contributed by atoms with Crippen molar-refractivity contribution in [2.45, 2.75) is 6.92 Å². The van der Waals surface area contributed by atoms with Crippen molar-refractivity contribution in [2.24, 2.45) is 0 Å². The van der Waals surface area contributed by atoms with E-state index in [9.17, 15) is 9.18 Å². The molecule has 1 aliphatic heterocycles. The fraction of sp³-hybridized carbons (Fsp3) is 0.111. The third-order valence-electron chi connectivity index (χ3n) is 3.75. The summed E-state index contributed by atoms with van der Waals surface area (Å²) in [5.41, 5.74) is 1.24. The van der Waals surface area contributed by atoms with E-state index in [-0.39, 0.29) is 24.2 Å². The molecule has 1 N–H and O–H groups in total. The summed E-state index contributed by atoms with van der Waals surface area (Å²) in [6.07, 6.45) is 0. The normalized spacial score (nSPS) is 12.2. The van der Waals surface area contributed by atoms with E-state index in [0.717, 1.165) is 4.88 Å². The van der Waals surface area contributed by atoms with Gasteiger partial charge in [0.15, 0.2) is 11.5 Å². The van der Waals surface area contributed by atoms with Crippen LogP contribution in [0.25, 0.3) is 10.6 Å². The number of amides is 1.